The van der Waals surface area contributed by atoms with Gasteiger partial charge in [0.2, 0.25) is 11.8 Å². The standard InChI is InChI=1S/C24H30N2O3/c27-22-13-11-20(12-14-22)16-23(28)25-17-24(29)26-15-5-10-21(18-26)9-4-8-19-6-2-1-3-7-19/h1-3,6-7,11-14,21,27H,4-5,8-10,15-18H2,(H,25,28). The number of amides is 2. The van der Waals surface area contributed by atoms with Crippen molar-refractivity contribution in [1.29, 1.82) is 0 Å². The first-order valence-corrected chi connectivity index (χ1v) is 10.5. The zero-order valence-electron chi connectivity index (χ0n) is 16.8. The van der Waals surface area contributed by atoms with Crippen molar-refractivity contribution in [2.24, 2.45) is 5.92 Å². The molecule has 0 bridgehead atoms. The van der Waals surface area contributed by atoms with Gasteiger partial charge >= 0.3 is 0 Å². The molecule has 0 radical (unpaired) electrons. The van der Waals surface area contributed by atoms with Gasteiger partial charge in [-0.05, 0) is 61.3 Å². The first-order chi connectivity index (χ1) is 14.1. The third kappa shape index (κ3) is 6.93. The second-order valence-electron chi connectivity index (χ2n) is 7.85. The Hall–Kier alpha value is -2.82. The maximum absolute atomic E-state index is 12.5. The van der Waals surface area contributed by atoms with Crippen molar-refractivity contribution in [2.75, 3.05) is 19.6 Å². The fourth-order valence-corrected chi connectivity index (χ4v) is 3.91. The molecule has 0 spiro atoms. The number of phenolic OH excluding ortho intramolecular Hbond substituents is 1. The quantitative estimate of drug-likeness (QED) is 0.722. The summed E-state index contributed by atoms with van der Waals surface area (Å²) in [4.78, 5) is 26.5. The molecule has 2 aromatic rings. The number of rotatable bonds is 8. The molecule has 0 aliphatic carbocycles. The summed E-state index contributed by atoms with van der Waals surface area (Å²) in [6.45, 7) is 1.62. The molecule has 1 atom stereocenters. The van der Waals surface area contributed by atoms with Gasteiger partial charge in [-0.3, -0.25) is 9.59 Å². The predicted molar refractivity (Wildman–Crippen MR) is 114 cm³/mol. The van der Waals surface area contributed by atoms with Crippen LogP contribution in [0.4, 0.5) is 0 Å². The highest BCUT2D eigenvalue weighted by atomic mass is 16.3. The molecule has 2 amide bonds. The summed E-state index contributed by atoms with van der Waals surface area (Å²) in [6, 6.07) is 17.0. The monoisotopic (exact) mass is 394 g/mol. The molecule has 5 heteroatoms. The molecular formula is C24H30N2O3. The molecule has 1 aliphatic heterocycles. The molecule has 1 fully saturated rings. The van der Waals surface area contributed by atoms with E-state index in [2.05, 4.69) is 29.6 Å². The minimum Gasteiger partial charge on any atom is -0.508 e. The summed E-state index contributed by atoms with van der Waals surface area (Å²) in [7, 11) is 0. The number of hydrogen-bond donors (Lipinski definition) is 2. The van der Waals surface area contributed by atoms with Crippen LogP contribution in [0.2, 0.25) is 0 Å². The number of carbonyl (C=O) groups excluding carboxylic acids is 2. The molecule has 1 heterocycles. The Labute approximate surface area is 172 Å². The van der Waals surface area contributed by atoms with Gasteiger partial charge in [0.25, 0.3) is 0 Å². The number of benzene rings is 2. The Morgan fingerprint density at radius 1 is 1.03 bits per heavy atom. The molecule has 0 saturated carbocycles. The number of carbonyl (C=O) groups is 2. The molecule has 5 nitrogen and oxygen atoms in total. The minimum absolute atomic E-state index is 0.00295. The van der Waals surface area contributed by atoms with Crippen LogP contribution in [-0.4, -0.2) is 41.5 Å². The van der Waals surface area contributed by atoms with Crippen LogP contribution in [0, 0.1) is 5.92 Å². The van der Waals surface area contributed by atoms with Crippen molar-refractivity contribution >= 4 is 11.8 Å². The van der Waals surface area contributed by atoms with Crippen LogP contribution < -0.4 is 5.32 Å². The van der Waals surface area contributed by atoms with Crippen LogP contribution in [0.15, 0.2) is 54.6 Å². The fraction of sp³-hybridized carbons (Fsp3) is 0.417. The second-order valence-corrected chi connectivity index (χ2v) is 7.85. The van der Waals surface area contributed by atoms with Crippen molar-refractivity contribution in [3.8, 4) is 5.75 Å². The molecule has 2 aromatic carbocycles. The van der Waals surface area contributed by atoms with Gasteiger partial charge in [-0.2, -0.15) is 0 Å². The highest BCUT2D eigenvalue weighted by Gasteiger charge is 2.23. The van der Waals surface area contributed by atoms with E-state index in [1.807, 2.05) is 11.0 Å². The normalized spacial score (nSPS) is 16.4. The van der Waals surface area contributed by atoms with Crippen LogP contribution in [0.5, 0.6) is 5.75 Å². The van der Waals surface area contributed by atoms with Gasteiger partial charge in [0.15, 0.2) is 0 Å². The van der Waals surface area contributed by atoms with E-state index in [4.69, 9.17) is 0 Å². The first-order valence-electron chi connectivity index (χ1n) is 10.5. The zero-order valence-corrected chi connectivity index (χ0v) is 16.8. The highest BCUT2D eigenvalue weighted by Crippen LogP contribution is 2.22. The Morgan fingerprint density at radius 3 is 2.55 bits per heavy atom. The van der Waals surface area contributed by atoms with E-state index in [-0.39, 0.29) is 30.5 Å². The Bertz CT molecular complexity index is 790. The molecule has 2 N–H and O–H groups in total. The van der Waals surface area contributed by atoms with Gasteiger partial charge in [-0.1, -0.05) is 42.5 Å². The Morgan fingerprint density at radius 2 is 1.79 bits per heavy atom. The number of aromatic hydroxyl groups is 1. The number of aryl methyl sites for hydroxylation is 1. The summed E-state index contributed by atoms with van der Waals surface area (Å²) in [5.74, 6) is 0.536. The van der Waals surface area contributed by atoms with Crippen molar-refractivity contribution < 1.29 is 14.7 Å². The molecule has 29 heavy (non-hydrogen) atoms. The summed E-state index contributed by atoms with van der Waals surface area (Å²) in [6.07, 6.45) is 5.76. The van der Waals surface area contributed by atoms with Gasteiger partial charge in [0.1, 0.15) is 5.75 Å². The van der Waals surface area contributed by atoms with E-state index in [1.54, 1.807) is 24.3 Å². The lowest BCUT2D eigenvalue weighted by molar-refractivity contribution is -0.134. The first kappa shape index (κ1) is 20.9. The third-order valence-corrected chi connectivity index (χ3v) is 5.53. The number of phenols is 1. The molecule has 3 rings (SSSR count). The average Bonchev–Trinajstić information content (AvgIpc) is 2.75. The summed E-state index contributed by atoms with van der Waals surface area (Å²) in [5.41, 5.74) is 2.18. The van der Waals surface area contributed by atoms with Crippen molar-refractivity contribution in [3.05, 3.63) is 65.7 Å². The zero-order chi connectivity index (χ0) is 20.5. The largest absolute Gasteiger partial charge is 0.508 e. The van der Waals surface area contributed by atoms with E-state index in [0.29, 0.717) is 5.92 Å². The van der Waals surface area contributed by atoms with Gasteiger partial charge in [-0.25, -0.2) is 0 Å². The third-order valence-electron chi connectivity index (χ3n) is 5.53. The van der Waals surface area contributed by atoms with Gasteiger partial charge < -0.3 is 15.3 Å². The highest BCUT2D eigenvalue weighted by molar-refractivity contribution is 5.85. The van der Waals surface area contributed by atoms with Crippen molar-refractivity contribution in [3.63, 3.8) is 0 Å². The lowest BCUT2D eigenvalue weighted by Crippen LogP contribution is -2.45. The van der Waals surface area contributed by atoms with Crippen LogP contribution in [-0.2, 0) is 22.4 Å². The number of piperidine rings is 1. The number of nitrogens with one attached hydrogen (secondary N) is 1. The molecular weight excluding hydrogens is 364 g/mol. The van der Waals surface area contributed by atoms with Gasteiger partial charge in [0, 0.05) is 13.1 Å². The number of hydrogen-bond acceptors (Lipinski definition) is 3. The van der Waals surface area contributed by atoms with Crippen LogP contribution >= 0.6 is 0 Å². The summed E-state index contributed by atoms with van der Waals surface area (Å²) < 4.78 is 0. The van der Waals surface area contributed by atoms with E-state index < -0.39 is 0 Å². The van der Waals surface area contributed by atoms with Crippen LogP contribution in [0.1, 0.15) is 36.8 Å². The summed E-state index contributed by atoms with van der Waals surface area (Å²) >= 11 is 0. The van der Waals surface area contributed by atoms with E-state index in [0.717, 1.165) is 44.3 Å². The smallest absolute Gasteiger partial charge is 0.241 e. The minimum atomic E-state index is -0.180. The van der Waals surface area contributed by atoms with E-state index in [9.17, 15) is 14.7 Å². The average molecular weight is 395 g/mol. The second kappa shape index (κ2) is 10.6. The van der Waals surface area contributed by atoms with E-state index in [1.165, 1.54) is 12.0 Å². The number of likely N-dealkylation sites (tertiary alicyclic amines) is 1. The van der Waals surface area contributed by atoms with E-state index >= 15 is 0 Å². The molecule has 1 saturated heterocycles. The maximum Gasteiger partial charge on any atom is 0.241 e. The van der Waals surface area contributed by atoms with Gasteiger partial charge in [-0.15, -0.1) is 0 Å². The molecule has 154 valence electrons. The van der Waals surface area contributed by atoms with Gasteiger partial charge in [0.05, 0.1) is 13.0 Å². The molecule has 1 aliphatic rings. The predicted octanol–water partition coefficient (Wildman–Crippen LogP) is 3.31. The summed E-state index contributed by atoms with van der Waals surface area (Å²) in [5, 5.41) is 12.0. The van der Waals surface area contributed by atoms with Crippen LogP contribution in [0.25, 0.3) is 0 Å². The van der Waals surface area contributed by atoms with Crippen molar-refractivity contribution in [1.82, 2.24) is 10.2 Å². The lowest BCUT2D eigenvalue weighted by Gasteiger charge is -2.33. The van der Waals surface area contributed by atoms with Crippen molar-refractivity contribution in [2.45, 2.75) is 38.5 Å². The SMILES string of the molecule is O=C(Cc1ccc(O)cc1)NCC(=O)N1CCCC(CCCc2ccccc2)C1. The topological polar surface area (TPSA) is 69.6 Å². The van der Waals surface area contributed by atoms with Crippen LogP contribution in [0.3, 0.4) is 0 Å². The Balaban J connectivity index is 1.37. The fourth-order valence-electron chi connectivity index (χ4n) is 3.91. The lowest BCUT2D eigenvalue weighted by atomic mass is 9.92. The molecule has 1 unspecified atom stereocenters. The number of nitrogens with zero attached hydrogens (tertiary/aromatic N) is 1. The Kier molecular flexibility index (Phi) is 7.68. The maximum atomic E-state index is 12.5. The molecule has 0 aromatic heterocycles.